The Hall–Kier alpha value is -1.86. The highest BCUT2D eigenvalue weighted by molar-refractivity contribution is 7.99. The second-order valence-electron chi connectivity index (χ2n) is 7.42. The summed E-state index contributed by atoms with van der Waals surface area (Å²) in [7, 11) is 0. The first-order valence-electron chi connectivity index (χ1n) is 10.1. The van der Waals surface area contributed by atoms with E-state index in [0.717, 1.165) is 42.6 Å². The number of carbonyl (C=O) groups excluding carboxylic acids is 1. The summed E-state index contributed by atoms with van der Waals surface area (Å²) in [6.07, 6.45) is 12.8. The quantitative estimate of drug-likeness (QED) is 0.480. The minimum atomic E-state index is 0.0333. The lowest BCUT2D eigenvalue weighted by Gasteiger charge is -2.14. The smallest absolute Gasteiger partial charge is 0.220 e. The van der Waals surface area contributed by atoms with E-state index in [2.05, 4.69) is 51.8 Å². The van der Waals surface area contributed by atoms with Gasteiger partial charge in [-0.3, -0.25) is 4.79 Å². The van der Waals surface area contributed by atoms with Crippen LogP contribution in [-0.2, 0) is 22.5 Å². The standard InChI is InChI=1S/C21H30N4O2S/c1-3-11-25-19(9-10-20(26)22-14-18-8-5-12-27-18)23-24-21(25)28-15-17-7-4-6-16(2)13-17/h3-4,6-7,16,18H,1,5,8-15H2,2H3,(H,22,26). The van der Waals surface area contributed by atoms with Gasteiger partial charge in [0.15, 0.2) is 5.16 Å². The van der Waals surface area contributed by atoms with E-state index in [1.54, 1.807) is 11.8 Å². The van der Waals surface area contributed by atoms with E-state index in [-0.39, 0.29) is 12.0 Å². The molecule has 1 aromatic rings. The van der Waals surface area contributed by atoms with Crippen LogP contribution < -0.4 is 5.32 Å². The maximum atomic E-state index is 12.1. The molecule has 1 aromatic heterocycles. The Morgan fingerprint density at radius 2 is 2.39 bits per heavy atom. The number of thioether (sulfide) groups is 1. The maximum Gasteiger partial charge on any atom is 0.220 e. The second kappa shape index (κ2) is 10.6. The summed E-state index contributed by atoms with van der Waals surface area (Å²) in [4.78, 5) is 12.1. The zero-order valence-corrected chi connectivity index (χ0v) is 17.4. The molecule has 1 amide bonds. The SMILES string of the molecule is C=CCn1c(CCC(=O)NCC2CCCO2)nnc1SCC1=CC=CC(C)C1. The second-order valence-corrected chi connectivity index (χ2v) is 8.36. The van der Waals surface area contributed by atoms with E-state index >= 15 is 0 Å². The van der Waals surface area contributed by atoms with Crippen molar-refractivity contribution < 1.29 is 9.53 Å². The largest absolute Gasteiger partial charge is 0.376 e. The summed E-state index contributed by atoms with van der Waals surface area (Å²) in [6, 6.07) is 0. The first-order chi connectivity index (χ1) is 13.7. The number of aryl methyl sites for hydroxylation is 1. The topological polar surface area (TPSA) is 69.0 Å². The van der Waals surface area contributed by atoms with Crippen molar-refractivity contribution in [1.82, 2.24) is 20.1 Å². The number of amides is 1. The molecule has 1 aliphatic carbocycles. The number of nitrogens with zero attached hydrogens (tertiary/aromatic N) is 3. The average Bonchev–Trinajstić information content (AvgIpc) is 3.34. The Morgan fingerprint density at radius 1 is 1.50 bits per heavy atom. The van der Waals surface area contributed by atoms with Crippen LogP contribution in [0.15, 0.2) is 41.6 Å². The van der Waals surface area contributed by atoms with Crippen LogP contribution in [0.2, 0.25) is 0 Å². The van der Waals surface area contributed by atoms with Gasteiger partial charge >= 0.3 is 0 Å². The third-order valence-electron chi connectivity index (χ3n) is 4.97. The fraction of sp³-hybridized carbons (Fsp3) is 0.571. The molecule has 152 valence electrons. The monoisotopic (exact) mass is 402 g/mol. The van der Waals surface area contributed by atoms with Crippen LogP contribution in [0, 0.1) is 5.92 Å². The van der Waals surface area contributed by atoms with Crippen LogP contribution >= 0.6 is 11.8 Å². The molecule has 0 spiro atoms. The normalized spacial score (nSPS) is 21.5. The van der Waals surface area contributed by atoms with E-state index in [0.29, 0.717) is 31.8 Å². The van der Waals surface area contributed by atoms with Gasteiger partial charge in [-0.15, -0.1) is 16.8 Å². The fourth-order valence-electron chi connectivity index (χ4n) is 3.47. The summed E-state index contributed by atoms with van der Waals surface area (Å²) < 4.78 is 7.60. The molecule has 1 aliphatic heterocycles. The van der Waals surface area contributed by atoms with E-state index in [4.69, 9.17) is 4.74 Å². The molecular formula is C21H30N4O2S. The molecule has 0 saturated carbocycles. The predicted octanol–water partition coefficient (Wildman–Crippen LogP) is 3.31. The fourth-order valence-corrected chi connectivity index (χ4v) is 4.43. The first-order valence-corrected chi connectivity index (χ1v) is 11.0. The van der Waals surface area contributed by atoms with Crippen molar-refractivity contribution >= 4 is 17.7 Å². The van der Waals surface area contributed by atoms with E-state index in [9.17, 15) is 4.79 Å². The van der Waals surface area contributed by atoms with Crippen molar-refractivity contribution in [3.05, 3.63) is 42.3 Å². The average molecular weight is 403 g/mol. The maximum absolute atomic E-state index is 12.1. The van der Waals surface area contributed by atoms with Gasteiger partial charge in [0.1, 0.15) is 5.82 Å². The Morgan fingerprint density at radius 3 is 3.14 bits per heavy atom. The molecule has 2 unspecified atom stereocenters. The molecule has 1 N–H and O–H groups in total. The lowest BCUT2D eigenvalue weighted by atomic mass is 9.97. The highest BCUT2D eigenvalue weighted by Crippen LogP contribution is 2.26. The molecular weight excluding hydrogens is 372 g/mol. The van der Waals surface area contributed by atoms with Crippen molar-refractivity contribution in [2.75, 3.05) is 18.9 Å². The lowest BCUT2D eigenvalue weighted by Crippen LogP contribution is -2.32. The number of hydrogen-bond donors (Lipinski definition) is 1. The van der Waals surface area contributed by atoms with Crippen molar-refractivity contribution in [2.45, 2.75) is 56.8 Å². The van der Waals surface area contributed by atoms with Gasteiger partial charge in [0, 0.05) is 38.3 Å². The number of nitrogens with one attached hydrogen (secondary N) is 1. The van der Waals surface area contributed by atoms with Crippen molar-refractivity contribution in [3.8, 4) is 0 Å². The summed E-state index contributed by atoms with van der Waals surface area (Å²) in [5.74, 6) is 2.37. The van der Waals surface area contributed by atoms with Crippen LogP contribution in [0.3, 0.4) is 0 Å². The van der Waals surface area contributed by atoms with Gasteiger partial charge in [-0.1, -0.05) is 48.6 Å². The summed E-state index contributed by atoms with van der Waals surface area (Å²) in [5.41, 5.74) is 1.42. The number of carbonyl (C=O) groups is 1. The zero-order chi connectivity index (χ0) is 19.8. The molecule has 28 heavy (non-hydrogen) atoms. The molecule has 0 bridgehead atoms. The van der Waals surface area contributed by atoms with Gasteiger partial charge in [0.05, 0.1) is 6.10 Å². The van der Waals surface area contributed by atoms with Crippen LogP contribution in [0.4, 0.5) is 0 Å². The number of rotatable bonds is 10. The molecule has 3 rings (SSSR count). The highest BCUT2D eigenvalue weighted by atomic mass is 32.2. The van der Waals surface area contributed by atoms with Crippen molar-refractivity contribution in [3.63, 3.8) is 0 Å². The molecule has 6 nitrogen and oxygen atoms in total. The Bertz CT molecular complexity index is 735. The van der Waals surface area contributed by atoms with Crippen LogP contribution in [0.5, 0.6) is 0 Å². The summed E-state index contributed by atoms with van der Waals surface area (Å²) in [6.45, 7) is 8.13. The molecule has 2 atom stereocenters. The van der Waals surface area contributed by atoms with Crippen LogP contribution in [0.1, 0.15) is 38.4 Å². The van der Waals surface area contributed by atoms with Crippen LogP contribution in [0.25, 0.3) is 0 Å². The molecule has 2 aliphatic rings. The molecule has 0 radical (unpaired) electrons. The number of ether oxygens (including phenoxy) is 1. The van der Waals surface area contributed by atoms with E-state index in [1.807, 2.05) is 6.08 Å². The molecule has 0 aromatic carbocycles. The van der Waals surface area contributed by atoms with E-state index < -0.39 is 0 Å². The van der Waals surface area contributed by atoms with Crippen molar-refractivity contribution in [2.24, 2.45) is 5.92 Å². The third-order valence-corrected chi connectivity index (χ3v) is 6.05. The highest BCUT2D eigenvalue weighted by Gasteiger charge is 2.17. The molecule has 1 fully saturated rings. The number of allylic oxidation sites excluding steroid dienone is 4. The number of hydrogen-bond acceptors (Lipinski definition) is 5. The summed E-state index contributed by atoms with van der Waals surface area (Å²) in [5, 5.41) is 12.5. The van der Waals surface area contributed by atoms with Gasteiger partial charge < -0.3 is 14.6 Å². The van der Waals surface area contributed by atoms with Crippen molar-refractivity contribution in [1.29, 1.82) is 0 Å². The Balaban J connectivity index is 1.51. The third kappa shape index (κ3) is 6.07. The Kier molecular flexibility index (Phi) is 7.91. The van der Waals surface area contributed by atoms with Gasteiger partial charge in [-0.2, -0.15) is 0 Å². The first kappa shape index (κ1) is 20.9. The molecule has 7 heteroatoms. The molecule has 1 saturated heterocycles. The van der Waals surface area contributed by atoms with Crippen LogP contribution in [-0.4, -0.2) is 45.7 Å². The minimum Gasteiger partial charge on any atom is -0.376 e. The van der Waals surface area contributed by atoms with Gasteiger partial charge in [-0.25, -0.2) is 0 Å². The molecule has 2 heterocycles. The van der Waals surface area contributed by atoms with Gasteiger partial charge in [0.2, 0.25) is 5.91 Å². The lowest BCUT2D eigenvalue weighted by molar-refractivity contribution is -0.121. The number of aromatic nitrogens is 3. The van der Waals surface area contributed by atoms with E-state index in [1.165, 1.54) is 5.57 Å². The van der Waals surface area contributed by atoms with Gasteiger partial charge in [-0.05, 0) is 25.2 Å². The predicted molar refractivity (Wildman–Crippen MR) is 112 cm³/mol. The van der Waals surface area contributed by atoms with Gasteiger partial charge in [0.25, 0.3) is 0 Å². The summed E-state index contributed by atoms with van der Waals surface area (Å²) >= 11 is 1.70. The Labute approximate surface area is 171 Å². The minimum absolute atomic E-state index is 0.0333. The zero-order valence-electron chi connectivity index (χ0n) is 16.6.